The van der Waals surface area contributed by atoms with Crippen LogP contribution < -0.4 is 10.9 Å². The van der Waals surface area contributed by atoms with Crippen molar-refractivity contribution in [3.05, 3.63) is 30.3 Å². The van der Waals surface area contributed by atoms with Crippen molar-refractivity contribution in [1.82, 2.24) is 0 Å². The molecule has 0 heterocycles. The van der Waals surface area contributed by atoms with Gasteiger partial charge in [-0.1, -0.05) is 61.6 Å². The van der Waals surface area contributed by atoms with Crippen molar-refractivity contribution in [3.8, 4) is 0 Å². The molecule has 0 bridgehead atoms. The molecule has 1 nitrogen and oxygen atoms in total. The summed E-state index contributed by atoms with van der Waals surface area (Å²) in [6.07, 6.45) is 0.928. The Bertz CT molecular complexity index is 268. The van der Waals surface area contributed by atoms with Gasteiger partial charge in [-0.05, 0) is 6.17 Å². The maximum absolute atomic E-state index is 6.05. The maximum Gasteiger partial charge on any atom is 0.0895 e. The smallest absolute Gasteiger partial charge is 0.0895 e. The van der Waals surface area contributed by atoms with Gasteiger partial charge in [-0.3, -0.25) is 0 Å². The van der Waals surface area contributed by atoms with Gasteiger partial charge in [0.15, 0.2) is 0 Å². The second kappa shape index (κ2) is 4.91. The van der Waals surface area contributed by atoms with Gasteiger partial charge in [-0.25, -0.2) is 0 Å². The monoisotopic (exact) mass is 223 g/mol. The van der Waals surface area contributed by atoms with Crippen molar-refractivity contribution < 1.29 is 0 Å². The van der Waals surface area contributed by atoms with E-state index < -0.39 is 15.9 Å². The first-order chi connectivity index (χ1) is 6.67. The molecule has 3 heteroatoms. The first-order valence-corrected chi connectivity index (χ1v) is 12.0. The Labute approximate surface area is 89.7 Å². The van der Waals surface area contributed by atoms with E-state index in [1.54, 1.807) is 5.19 Å². The van der Waals surface area contributed by atoms with E-state index in [0.717, 1.165) is 6.17 Å². The number of hydrogen-bond donors (Lipinski definition) is 1. The highest BCUT2D eigenvalue weighted by Gasteiger charge is 2.35. The Morgan fingerprint density at radius 2 is 1.79 bits per heavy atom. The standard InChI is InChI=1S/C11H21NSi2/c1-4-14(10-12,13(2)3)11-8-6-5-7-9-11/h5-9,13H,4,10,12H2,1-3H3. The van der Waals surface area contributed by atoms with E-state index in [1.165, 1.54) is 6.04 Å². The van der Waals surface area contributed by atoms with Crippen LogP contribution in [0.25, 0.3) is 0 Å². The summed E-state index contributed by atoms with van der Waals surface area (Å²) in [6, 6.07) is 12.3. The fourth-order valence-electron chi connectivity index (χ4n) is 2.21. The van der Waals surface area contributed by atoms with Crippen LogP contribution in [0.2, 0.25) is 19.1 Å². The zero-order valence-corrected chi connectivity index (χ0v) is 11.6. The Hall–Kier alpha value is -0.386. The topological polar surface area (TPSA) is 26.0 Å². The molecule has 0 aliphatic rings. The van der Waals surface area contributed by atoms with Crippen LogP contribution in [0, 0.1) is 0 Å². The third-order valence-electron chi connectivity index (χ3n) is 3.45. The molecule has 0 radical (unpaired) electrons. The predicted molar refractivity (Wildman–Crippen MR) is 70.2 cm³/mol. The fraction of sp³-hybridized carbons (Fsp3) is 0.455. The molecule has 0 aliphatic heterocycles. The van der Waals surface area contributed by atoms with Crippen LogP contribution in [0.4, 0.5) is 0 Å². The summed E-state index contributed by atoms with van der Waals surface area (Å²) in [5, 5.41) is 1.58. The molecule has 0 aromatic heterocycles. The van der Waals surface area contributed by atoms with Gasteiger partial charge in [-0.2, -0.15) is 0 Å². The molecular weight excluding hydrogens is 202 g/mol. The van der Waals surface area contributed by atoms with Crippen molar-refractivity contribution in [2.45, 2.75) is 26.1 Å². The zero-order chi connectivity index (χ0) is 10.6. The first kappa shape index (κ1) is 11.7. The zero-order valence-electron chi connectivity index (χ0n) is 9.46. The largest absolute Gasteiger partial charge is 0.333 e. The van der Waals surface area contributed by atoms with Crippen LogP contribution in [-0.2, 0) is 0 Å². The highest BCUT2D eigenvalue weighted by Crippen LogP contribution is 2.12. The molecule has 0 fully saturated rings. The minimum atomic E-state index is -1.28. The number of nitrogens with two attached hydrogens (primary N) is 1. The van der Waals surface area contributed by atoms with Crippen molar-refractivity contribution in [2.75, 3.05) is 6.17 Å². The van der Waals surface area contributed by atoms with Crippen LogP contribution in [-0.4, -0.2) is 22.1 Å². The van der Waals surface area contributed by atoms with Gasteiger partial charge in [0, 0.05) is 8.31 Å². The van der Waals surface area contributed by atoms with Crippen molar-refractivity contribution in [2.24, 2.45) is 5.73 Å². The Morgan fingerprint density at radius 1 is 1.21 bits per heavy atom. The summed E-state index contributed by atoms with van der Waals surface area (Å²) in [4.78, 5) is 0. The van der Waals surface area contributed by atoms with E-state index in [-0.39, 0.29) is 0 Å². The van der Waals surface area contributed by atoms with E-state index in [9.17, 15) is 0 Å². The average molecular weight is 223 g/mol. The van der Waals surface area contributed by atoms with E-state index in [2.05, 4.69) is 50.3 Å². The van der Waals surface area contributed by atoms with Crippen molar-refractivity contribution in [3.63, 3.8) is 0 Å². The highest BCUT2D eigenvalue weighted by molar-refractivity contribution is 7.38. The quantitative estimate of drug-likeness (QED) is 0.768. The third kappa shape index (κ3) is 1.99. The maximum atomic E-state index is 6.05. The molecule has 1 unspecified atom stereocenters. The van der Waals surface area contributed by atoms with Crippen molar-refractivity contribution >= 4 is 21.1 Å². The molecule has 0 aliphatic carbocycles. The molecule has 78 valence electrons. The van der Waals surface area contributed by atoms with Gasteiger partial charge in [0.05, 0.1) is 7.59 Å². The molecular formula is C11H21NSi2. The molecule has 1 atom stereocenters. The van der Waals surface area contributed by atoms with Crippen LogP contribution in [0.15, 0.2) is 30.3 Å². The molecule has 14 heavy (non-hydrogen) atoms. The van der Waals surface area contributed by atoms with E-state index >= 15 is 0 Å². The summed E-state index contributed by atoms with van der Waals surface area (Å²) in [6.45, 7) is 7.23. The number of hydrogen-bond acceptors (Lipinski definition) is 1. The van der Waals surface area contributed by atoms with Crippen molar-refractivity contribution in [1.29, 1.82) is 0 Å². The van der Waals surface area contributed by atoms with Gasteiger partial charge in [0.25, 0.3) is 0 Å². The minimum Gasteiger partial charge on any atom is -0.333 e. The lowest BCUT2D eigenvalue weighted by Crippen LogP contribution is -2.63. The SMILES string of the molecule is CC[Si](CN)(c1ccccc1)[SiH](C)C. The van der Waals surface area contributed by atoms with Gasteiger partial charge in [0.1, 0.15) is 0 Å². The van der Waals surface area contributed by atoms with Gasteiger partial charge >= 0.3 is 0 Å². The van der Waals surface area contributed by atoms with Crippen LogP contribution in [0.5, 0.6) is 0 Å². The minimum absolute atomic E-state index is 0.634. The Morgan fingerprint density at radius 3 is 2.14 bits per heavy atom. The lowest BCUT2D eigenvalue weighted by molar-refractivity contribution is 1.26. The van der Waals surface area contributed by atoms with Crippen LogP contribution in [0.1, 0.15) is 6.92 Å². The Balaban J connectivity index is 3.11. The first-order valence-electron chi connectivity index (χ1n) is 5.43. The molecule has 1 rings (SSSR count). The second-order valence-corrected chi connectivity index (χ2v) is 17.3. The van der Waals surface area contributed by atoms with Crippen LogP contribution >= 0.6 is 0 Å². The van der Waals surface area contributed by atoms with E-state index in [1.807, 2.05) is 0 Å². The molecule has 0 amide bonds. The number of benzene rings is 1. The summed E-state index contributed by atoms with van der Waals surface area (Å²) in [7, 11) is -1.91. The fourth-order valence-corrected chi connectivity index (χ4v) is 12.4. The van der Waals surface area contributed by atoms with Gasteiger partial charge in [-0.15, -0.1) is 0 Å². The Kier molecular flexibility index (Phi) is 4.10. The molecule has 1 aromatic rings. The number of rotatable bonds is 4. The summed E-state index contributed by atoms with van der Waals surface area (Å²) >= 11 is 0. The second-order valence-electron chi connectivity index (χ2n) is 4.23. The summed E-state index contributed by atoms with van der Waals surface area (Å²) in [5.41, 5.74) is 6.05. The van der Waals surface area contributed by atoms with Gasteiger partial charge < -0.3 is 5.73 Å². The molecule has 2 N–H and O–H groups in total. The van der Waals surface area contributed by atoms with E-state index in [0.29, 0.717) is 0 Å². The average Bonchev–Trinajstić information content (AvgIpc) is 2.22. The van der Waals surface area contributed by atoms with Crippen LogP contribution in [0.3, 0.4) is 0 Å². The summed E-state index contributed by atoms with van der Waals surface area (Å²) < 4.78 is 0. The molecule has 0 saturated carbocycles. The van der Waals surface area contributed by atoms with Gasteiger partial charge in [0.2, 0.25) is 0 Å². The molecule has 0 spiro atoms. The lowest BCUT2D eigenvalue weighted by atomic mass is 10.4. The molecule has 0 saturated heterocycles. The third-order valence-corrected chi connectivity index (χ3v) is 18.7. The highest BCUT2D eigenvalue weighted by atomic mass is 29.2. The van der Waals surface area contributed by atoms with E-state index in [4.69, 9.17) is 5.73 Å². The molecule has 1 aromatic carbocycles. The lowest BCUT2D eigenvalue weighted by Gasteiger charge is -2.33. The predicted octanol–water partition coefficient (Wildman–Crippen LogP) is 1.43. The normalized spacial score (nSPS) is 15.5. The summed E-state index contributed by atoms with van der Waals surface area (Å²) in [5.74, 6) is 0.